The lowest BCUT2D eigenvalue weighted by molar-refractivity contribution is 0.0953. The summed E-state index contributed by atoms with van der Waals surface area (Å²) in [5.41, 5.74) is 4.52. The number of aromatic hydroxyl groups is 1. The minimum Gasteiger partial charge on any atom is -0.505 e. The van der Waals surface area contributed by atoms with Crippen LogP contribution < -0.4 is 11.3 Å². The molecule has 3 aromatic rings. The second-order valence-electron chi connectivity index (χ2n) is 6.58. The van der Waals surface area contributed by atoms with Crippen molar-refractivity contribution in [1.29, 1.82) is 0 Å². The number of hydrogen-bond acceptors (Lipinski definition) is 5. The maximum absolute atomic E-state index is 12.1. The summed E-state index contributed by atoms with van der Waals surface area (Å²) < 4.78 is 0. The Morgan fingerprint density at radius 3 is 2.36 bits per heavy atom. The number of amides is 1. The summed E-state index contributed by atoms with van der Waals surface area (Å²) in [5.74, 6) is 4.90. The van der Waals surface area contributed by atoms with Crippen molar-refractivity contribution in [2.45, 2.75) is 32.6 Å². The number of hydrazine groups is 1. The molecule has 7 heteroatoms. The molecule has 7 nitrogen and oxygen atoms in total. The molecule has 0 saturated heterocycles. The van der Waals surface area contributed by atoms with Gasteiger partial charge in [-0.3, -0.25) is 10.2 Å². The van der Waals surface area contributed by atoms with Gasteiger partial charge in [-0.25, -0.2) is 5.84 Å². The number of carbonyl (C=O) groups excluding carboxylic acids is 1. The largest absolute Gasteiger partial charge is 0.505 e. The molecule has 3 rings (SSSR count). The van der Waals surface area contributed by atoms with Crippen molar-refractivity contribution in [3.8, 4) is 11.4 Å². The van der Waals surface area contributed by atoms with Crippen LogP contribution in [0.4, 0.5) is 0 Å². The van der Waals surface area contributed by atoms with Gasteiger partial charge in [0.1, 0.15) is 22.5 Å². The Hall–Kier alpha value is -2.93. The highest BCUT2D eigenvalue weighted by Crippen LogP contribution is 2.38. The van der Waals surface area contributed by atoms with Crippen LogP contribution in [-0.4, -0.2) is 26.0 Å². The molecule has 0 aliphatic heterocycles. The number of hydrogen-bond donors (Lipinski definition) is 3. The van der Waals surface area contributed by atoms with Crippen LogP contribution in [0.5, 0.6) is 5.75 Å². The van der Waals surface area contributed by atoms with Crippen LogP contribution >= 0.6 is 0 Å². The van der Waals surface area contributed by atoms with E-state index < -0.39 is 5.91 Å². The fourth-order valence-electron chi connectivity index (χ4n) is 2.66. The van der Waals surface area contributed by atoms with Crippen molar-refractivity contribution in [1.82, 2.24) is 20.4 Å². The van der Waals surface area contributed by atoms with Crippen LogP contribution in [0.2, 0.25) is 0 Å². The zero-order valence-corrected chi connectivity index (χ0v) is 14.4. The SMILES string of the molecule is CCC(C)(C)c1cc(C(=O)NN)cc(-n2nc3ccccc3n2)c1O. The Bertz CT molecular complexity index is 913. The molecule has 0 radical (unpaired) electrons. The van der Waals surface area contributed by atoms with E-state index in [0.29, 0.717) is 27.8 Å². The van der Waals surface area contributed by atoms with E-state index in [1.807, 2.05) is 45.0 Å². The third kappa shape index (κ3) is 2.94. The van der Waals surface area contributed by atoms with Gasteiger partial charge in [-0.15, -0.1) is 15.0 Å². The van der Waals surface area contributed by atoms with Crippen LogP contribution in [0, 0.1) is 0 Å². The van der Waals surface area contributed by atoms with Gasteiger partial charge in [0.15, 0.2) is 0 Å². The number of nitrogens with two attached hydrogens (primary N) is 1. The minimum atomic E-state index is -0.439. The Balaban J connectivity index is 2.27. The van der Waals surface area contributed by atoms with Gasteiger partial charge in [-0.2, -0.15) is 0 Å². The van der Waals surface area contributed by atoms with E-state index in [-0.39, 0.29) is 11.2 Å². The third-order valence-corrected chi connectivity index (χ3v) is 4.60. The van der Waals surface area contributed by atoms with Gasteiger partial charge in [0.05, 0.1) is 0 Å². The summed E-state index contributed by atoms with van der Waals surface area (Å²) in [6, 6.07) is 10.6. The minimum absolute atomic E-state index is 0.0562. The van der Waals surface area contributed by atoms with E-state index in [2.05, 4.69) is 15.6 Å². The average molecular weight is 339 g/mol. The predicted octanol–water partition coefficient (Wildman–Crippen LogP) is 2.42. The normalized spacial score (nSPS) is 11.7. The highest BCUT2D eigenvalue weighted by atomic mass is 16.3. The van der Waals surface area contributed by atoms with E-state index in [4.69, 9.17) is 5.84 Å². The Kier molecular flexibility index (Phi) is 4.18. The van der Waals surface area contributed by atoms with Crippen LogP contribution in [0.15, 0.2) is 36.4 Å². The molecule has 0 aliphatic carbocycles. The van der Waals surface area contributed by atoms with Crippen LogP contribution in [0.3, 0.4) is 0 Å². The van der Waals surface area contributed by atoms with Crippen LogP contribution in [0.25, 0.3) is 16.7 Å². The standard InChI is InChI=1S/C18H21N5O2/c1-4-18(2,3)12-9-11(17(25)20-19)10-15(16(12)24)23-21-13-7-5-6-8-14(13)22-23/h5-10,24H,4,19H2,1-3H3,(H,20,25). The molecule has 0 bridgehead atoms. The van der Waals surface area contributed by atoms with Gasteiger partial charge >= 0.3 is 0 Å². The molecule has 4 N–H and O–H groups in total. The molecule has 0 fully saturated rings. The van der Waals surface area contributed by atoms with Gasteiger partial charge in [-0.1, -0.05) is 32.9 Å². The fourth-order valence-corrected chi connectivity index (χ4v) is 2.66. The Morgan fingerprint density at radius 2 is 1.84 bits per heavy atom. The molecule has 2 aromatic carbocycles. The number of phenolic OH excluding ortho intramolecular Hbond substituents is 1. The smallest absolute Gasteiger partial charge is 0.265 e. The van der Waals surface area contributed by atoms with Crippen LogP contribution in [0.1, 0.15) is 43.1 Å². The molecule has 1 aromatic heterocycles. The first-order chi connectivity index (χ1) is 11.9. The van der Waals surface area contributed by atoms with Crippen molar-refractivity contribution in [3.63, 3.8) is 0 Å². The van der Waals surface area contributed by atoms with E-state index in [1.165, 1.54) is 10.9 Å². The van der Waals surface area contributed by atoms with Gasteiger partial charge in [0, 0.05) is 11.1 Å². The summed E-state index contributed by atoms with van der Waals surface area (Å²) in [7, 11) is 0. The quantitative estimate of drug-likeness (QED) is 0.384. The van der Waals surface area contributed by atoms with Gasteiger partial charge < -0.3 is 5.11 Å². The Morgan fingerprint density at radius 1 is 1.24 bits per heavy atom. The maximum Gasteiger partial charge on any atom is 0.265 e. The first-order valence-electron chi connectivity index (χ1n) is 8.08. The summed E-state index contributed by atoms with van der Waals surface area (Å²) in [6.45, 7) is 6.03. The van der Waals surface area contributed by atoms with Crippen LogP contribution in [-0.2, 0) is 5.41 Å². The number of rotatable bonds is 4. The number of nitrogens with zero attached hydrogens (tertiary/aromatic N) is 3. The molecular formula is C18H21N5O2. The van der Waals surface area contributed by atoms with Gasteiger partial charge in [0.2, 0.25) is 0 Å². The topological polar surface area (TPSA) is 106 Å². The first kappa shape index (κ1) is 16.9. The molecule has 0 saturated carbocycles. The van der Waals surface area contributed by atoms with E-state index in [9.17, 15) is 9.90 Å². The van der Waals surface area contributed by atoms with Gasteiger partial charge in [-0.05, 0) is 36.1 Å². The van der Waals surface area contributed by atoms with Gasteiger partial charge in [0.25, 0.3) is 5.91 Å². The lowest BCUT2D eigenvalue weighted by Crippen LogP contribution is -2.30. The fraction of sp³-hybridized carbons (Fsp3) is 0.278. The Labute approximate surface area is 145 Å². The second-order valence-corrected chi connectivity index (χ2v) is 6.58. The zero-order valence-electron chi connectivity index (χ0n) is 14.4. The third-order valence-electron chi connectivity index (χ3n) is 4.60. The lowest BCUT2D eigenvalue weighted by Gasteiger charge is -2.26. The van der Waals surface area contributed by atoms with Crippen molar-refractivity contribution < 1.29 is 9.90 Å². The molecule has 0 spiro atoms. The summed E-state index contributed by atoms with van der Waals surface area (Å²) in [6.07, 6.45) is 0.780. The predicted molar refractivity (Wildman–Crippen MR) is 95.5 cm³/mol. The molecule has 0 unspecified atom stereocenters. The zero-order chi connectivity index (χ0) is 18.2. The number of benzene rings is 2. The number of carbonyl (C=O) groups is 1. The average Bonchev–Trinajstić information content (AvgIpc) is 3.04. The molecule has 0 atom stereocenters. The molecule has 25 heavy (non-hydrogen) atoms. The number of nitrogens with one attached hydrogen (secondary N) is 1. The van der Waals surface area contributed by atoms with Crippen molar-refractivity contribution >= 4 is 16.9 Å². The molecular weight excluding hydrogens is 318 g/mol. The van der Waals surface area contributed by atoms with E-state index in [0.717, 1.165) is 6.42 Å². The lowest BCUT2D eigenvalue weighted by atomic mass is 9.80. The highest BCUT2D eigenvalue weighted by molar-refractivity contribution is 5.95. The number of nitrogen functional groups attached to an aromatic ring is 1. The number of phenols is 1. The van der Waals surface area contributed by atoms with E-state index >= 15 is 0 Å². The first-order valence-corrected chi connectivity index (χ1v) is 8.08. The number of aromatic nitrogens is 3. The molecule has 1 amide bonds. The maximum atomic E-state index is 12.1. The second kappa shape index (κ2) is 6.18. The van der Waals surface area contributed by atoms with E-state index in [1.54, 1.807) is 6.07 Å². The summed E-state index contributed by atoms with van der Waals surface area (Å²) >= 11 is 0. The molecule has 130 valence electrons. The van der Waals surface area contributed by atoms with Crippen molar-refractivity contribution in [3.05, 3.63) is 47.5 Å². The van der Waals surface area contributed by atoms with Crippen molar-refractivity contribution in [2.75, 3.05) is 0 Å². The van der Waals surface area contributed by atoms with Crippen molar-refractivity contribution in [2.24, 2.45) is 5.84 Å². The monoisotopic (exact) mass is 339 g/mol. The summed E-state index contributed by atoms with van der Waals surface area (Å²) in [4.78, 5) is 13.4. The summed E-state index contributed by atoms with van der Waals surface area (Å²) in [5, 5.41) is 19.7. The number of fused-ring (bicyclic) bond motifs is 1. The molecule has 1 heterocycles. The molecule has 0 aliphatic rings. The highest BCUT2D eigenvalue weighted by Gasteiger charge is 2.27.